The number of nitrogens with zero attached hydrogens (tertiary/aromatic N) is 1. The van der Waals surface area contributed by atoms with Crippen LogP contribution in [-0.4, -0.2) is 33.5 Å². The van der Waals surface area contributed by atoms with Crippen LogP contribution < -0.4 is 0 Å². The van der Waals surface area contributed by atoms with Crippen LogP contribution in [0.2, 0.25) is 0 Å². The zero-order chi connectivity index (χ0) is 10.2. The Kier molecular flexibility index (Phi) is 2.80. The molecule has 13 heavy (non-hydrogen) atoms. The van der Waals surface area contributed by atoms with Crippen LogP contribution >= 0.6 is 15.9 Å². The predicted molar refractivity (Wildman–Crippen MR) is 53.8 cm³/mol. The molecule has 1 saturated heterocycles. The average molecular weight is 248 g/mol. The van der Waals surface area contributed by atoms with E-state index in [1.165, 1.54) is 0 Å². The Morgan fingerprint density at radius 1 is 1.38 bits per heavy atom. The Morgan fingerprint density at radius 3 is 2.38 bits per heavy atom. The Labute approximate surface area is 86.6 Å². The quantitative estimate of drug-likeness (QED) is 0.479. The summed E-state index contributed by atoms with van der Waals surface area (Å²) in [7, 11) is 0. The number of amides is 1. The minimum Gasteiger partial charge on any atom is -0.336 e. The molecule has 1 aliphatic heterocycles. The van der Waals surface area contributed by atoms with Crippen molar-refractivity contribution in [2.45, 2.75) is 37.6 Å². The van der Waals surface area contributed by atoms with Crippen LogP contribution in [0.3, 0.4) is 0 Å². The Hall–Kier alpha value is -0.380. The highest BCUT2D eigenvalue weighted by Crippen LogP contribution is 2.23. The van der Waals surface area contributed by atoms with Gasteiger partial charge in [0, 0.05) is 18.5 Å². The van der Waals surface area contributed by atoms with E-state index in [2.05, 4.69) is 15.9 Å². The van der Waals surface area contributed by atoms with Gasteiger partial charge in [-0.3, -0.25) is 9.59 Å². The molecule has 0 spiro atoms. The summed E-state index contributed by atoms with van der Waals surface area (Å²) in [4.78, 5) is 23.9. The van der Waals surface area contributed by atoms with Crippen molar-refractivity contribution in [1.82, 2.24) is 4.90 Å². The number of alkyl halides is 1. The number of hydrogen-bond acceptors (Lipinski definition) is 2. The second kappa shape index (κ2) is 3.40. The van der Waals surface area contributed by atoms with Crippen molar-refractivity contribution >= 4 is 27.6 Å². The molecule has 1 amide bonds. The summed E-state index contributed by atoms with van der Waals surface area (Å²) in [5.74, 6) is -0.116. The predicted octanol–water partition coefficient (Wildman–Crippen LogP) is 1.35. The van der Waals surface area contributed by atoms with E-state index >= 15 is 0 Å². The SMILES string of the molecule is CC(C)(C)N1CCC(=O)C(Br)C1=O. The van der Waals surface area contributed by atoms with E-state index in [-0.39, 0.29) is 17.2 Å². The summed E-state index contributed by atoms with van der Waals surface area (Å²) in [6.45, 7) is 6.46. The number of carbonyl (C=O) groups excluding carboxylic acids is 2. The van der Waals surface area contributed by atoms with Gasteiger partial charge >= 0.3 is 0 Å². The monoisotopic (exact) mass is 247 g/mol. The van der Waals surface area contributed by atoms with Gasteiger partial charge in [0.2, 0.25) is 5.91 Å². The minimum absolute atomic E-state index is 0.00880. The lowest BCUT2D eigenvalue weighted by Crippen LogP contribution is -2.54. The van der Waals surface area contributed by atoms with Gasteiger partial charge in [-0.2, -0.15) is 0 Å². The largest absolute Gasteiger partial charge is 0.336 e. The van der Waals surface area contributed by atoms with Gasteiger partial charge in [0.05, 0.1) is 0 Å². The highest BCUT2D eigenvalue weighted by Gasteiger charge is 2.38. The molecule has 0 aliphatic carbocycles. The van der Waals surface area contributed by atoms with Crippen LogP contribution in [0.25, 0.3) is 0 Å². The first-order valence-corrected chi connectivity index (χ1v) is 5.24. The molecule has 74 valence electrons. The van der Waals surface area contributed by atoms with Crippen molar-refractivity contribution < 1.29 is 9.59 Å². The zero-order valence-corrected chi connectivity index (χ0v) is 9.72. The summed E-state index contributed by atoms with van der Waals surface area (Å²) in [5.41, 5.74) is -0.191. The van der Waals surface area contributed by atoms with E-state index in [4.69, 9.17) is 0 Å². The maximum atomic E-state index is 11.6. The molecule has 0 N–H and O–H groups in total. The minimum atomic E-state index is -0.625. The van der Waals surface area contributed by atoms with E-state index in [1.807, 2.05) is 20.8 Å². The third-order valence-corrected chi connectivity index (χ3v) is 3.06. The fraction of sp³-hybridized carbons (Fsp3) is 0.778. The van der Waals surface area contributed by atoms with Crippen LogP contribution in [0.15, 0.2) is 0 Å². The lowest BCUT2D eigenvalue weighted by Gasteiger charge is -2.39. The first-order chi connectivity index (χ1) is 5.84. The highest BCUT2D eigenvalue weighted by molar-refractivity contribution is 9.10. The molecular formula is C9H14BrNO2. The summed E-state index contributed by atoms with van der Waals surface area (Å²) < 4.78 is 0. The van der Waals surface area contributed by atoms with E-state index < -0.39 is 4.83 Å². The van der Waals surface area contributed by atoms with Crippen LogP contribution in [0.1, 0.15) is 27.2 Å². The third-order valence-electron chi connectivity index (χ3n) is 2.16. The van der Waals surface area contributed by atoms with Gasteiger partial charge in [-0.05, 0) is 20.8 Å². The molecule has 0 bridgehead atoms. The number of likely N-dealkylation sites (tertiary alicyclic amines) is 1. The molecule has 1 atom stereocenters. The summed E-state index contributed by atoms with van der Waals surface area (Å²) in [6, 6.07) is 0. The van der Waals surface area contributed by atoms with E-state index in [1.54, 1.807) is 4.90 Å². The number of piperidine rings is 1. The normalized spacial score (nSPS) is 25.2. The maximum Gasteiger partial charge on any atom is 0.244 e. The van der Waals surface area contributed by atoms with Gasteiger partial charge in [0.15, 0.2) is 10.6 Å². The molecule has 0 aromatic heterocycles. The van der Waals surface area contributed by atoms with Gasteiger partial charge in [0.25, 0.3) is 0 Å². The second-order valence-electron chi connectivity index (χ2n) is 4.24. The zero-order valence-electron chi connectivity index (χ0n) is 8.13. The maximum absolute atomic E-state index is 11.6. The smallest absolute Gasteiger partial charge is 0.244 e. The number of ketones is 1. The van der Waals surface area contributed by atoms with Crippen LogP contribution in [0.4, 0.5) is 0 Å². The highest BCUT2D eigenvalue weighted by atomic mass is 79.9. The molecule has 0 saturated carbocycles. The number of hydrogen-bond donors (Lipinski definition) is 0. The fourth-order valence-corrected chi connectivity index (χ4v) is 1.88. The van der Waals surface area contributed by atoms with Crippen molar-refractivity contribution in [3.8, 4) is 0 Å². The Balaban J connectivity index is 2.82. The van der Waals surface area contributed by atoms with Gasteiger partial charge in [-0.25, -0.2) is 0 Å². The first kappa shape index (κ1) is 10.7. The standard InChI is InChI=1S/C9H14BrNO2/c1-9(2,3)11-5-4-6(12)7(10)8(11)13/h7H,4-5H2,1-3H3. The molecule has 3 nitrogen and oxygen atoms in total. The second-order valence-corrected chi connectivity index (χ2v) is 5.16. The van der Waals surface area contributed by atoms with Crippen molar-refractivity contribution in [1.29, 1.82) is 0 Å². The summed E-state index contributed by atoms with van der Waals surface area (Å²) >= 11 is 3.11. The number of rotatable bonds is 0. The van der Waals surface area contributed by atoms with Gasteiger partial charge < -0.3 is 4.90 Å². The molecule has 0 aromatic rings. The van der Waals surface area contributed by atoms with E-state index in [0.717, 1.165) is 0 Å². The van der Waals surface area contributed by atoms with Crippen molar-refractivity contribution in [2.24, 2.45) is 0 Å². The first-order valence-electron chi connectivity index (χ1n) is 4.32. The number of Topliss-reactive ketones (excluding diaryl/α,β-unsaturated/α-hetero) is 1. The Morgan fingerprint density at radius 2 is 1.92 bits per heavy atom. The molecule has 4 heteroatoms. The molecular weight excluding hydrogens is 234 g/mol. The van der Waals surface area contributed by atoms with Crippen molar-refractivity contribution in [3.63, 3.8) is 0 Å². The van der Waals surface area contributed by atoms with Crippen molar-refractivity contribution in [3.05, 3.63) is 0 Å². The molecule has 1 unspecified atom stereocenters. The van der Waals surface area contributed by atoms with Gasteiger partial charge in [-0.1, -0.05) is 15.9 Å². The molecule has 1 aliphatic rings. The number of halogens is 1. The topological polar surface area (TPSA) is 37.4 Å². The molecule has 1 heterocycles. The van der Waals surface area contributed by atoms with Crippen LogP contribution in [-0.2, 0) is 9.59 Å². The lowest BCUT2D eigenvalue weighted by molar-refractivity contribution is -0.142. The molecule has 1 fully saturated rings. The van der Waals surface area contributed by atoms with Gasteiger partial charge in [0.1, 0.15) is 0 Å². The number of carbonyl (C=O) groups is 2. The van der Waals surface area contributed by atoms with Crippen LogP contribution in [0.5, 0.6) is 0 Å². The Bertz CT molecular complexity index is 244. The van der Waals surface area contributed by atoms with Crippen LogP contribution in [0, 0.1) is 0 Å². The molecule has 0 aromatic carbocycles. The van der Waals surface area contributed by atoms with Gasteiger partial charge in [-0.15, -0.1) is 0 Å². The average Bonchev–Trinajstić information content (AvgIpc) is 1.98. The lowest BCUT2D eigenvalue weighted by atomic mass is 10.00. The molecule has 0 radical (unpaired) electrons. The molecule has 1 rings (SSSR count). The van der Waals surface area contributed by atoms with Crippen molar-refractivity contribution in [2.75, 3.05) is 6.54 Å². The summed E-state index contributed by atoms with van der Waals surface area (Å²) in [6.07, 6.45) is 0.457. The van der Waals surface area contributed by atoms with E-state index in [9.17, 15) is 9.59 Å². The fourth-order valence-electron chi connectivity index (χ4n) is 1.40. The van der Waals surface area contributed by atoms with E-state index in [0.29, 0.717) is 13.0 Å². The summed E-state index contributed by atoms with van der Waals surface area (Å²) in [5, 5.41) is 0. The third kappa shape index (κ3) is 2.10.